The number of amides is 1. The van der Waals surface area contributed by atoms with Crippen LogP contribution in [-0.4, -0.2) is 35.7 Å². The van der Waals surface area contributed by atoms with Gasteiger partial charge in [-0.25, -0.2) is 0 Å². The van der Waals surface area contributed by atoms with Gasteiger partial charge in [0.1, 0.15) is 5.70 Å². The van der Waals surface area contributed by atoms with Gasteiger partial charge in [0.2, 0.25) is 0 Å². The lowest BCUT2D eigenvalue weighted by atomic mass is 9.94. The minimum atomic E-state index is -0.0532. The molecule has 7 heteroatoms. The average Bonchev–Trinajstić information content (AvgIpc) is 2.92. The van der Waals surface area contributed by atoms with Crippen molar-refractivity contribution >= 4 is 45.2 Å². The predicted molar refractivity (Wildman–Crippen MR) is 109 cm³/mol. The number of rotatable bonds is 5. The second-order valence-electron chi connectivity index (χ2n) is 6.41. The third-order valence-electron chi connectivity index (χ3n) is 4.73. The molecule has 0 atom stereocenters. The van der Waals surface area contributed by atoms with E-state index in [-0.39, 0.29) is 11.9 Å². The molecule has 1 heterocycles. The van der Waals surface area contributed by atoms with E-state index >= 15 is 0 Å². The molecule has 0 aromatic heterocycles. The summed E-state index contributed by atoms with van der Waals surface area (Å²) in [4.78, 5) is 14.7. The van der Waals surface area contributed by atoms with Crippen molar-refractivity contribution in [2.24, 2.45) is 0 Å². The summed E-state index contributed by atoms with van der Waals surface area (Å²) in [6.07, 6.45) is 7.38. The average molecular weight is 439 g/mol. The Morgan fingerprint density at radius 2 is 2.04 bits per heavy atom. The summed E-state index contributed by atoms with van der Waals surface area (Å²) < 4.78 is 11.8. The summed E-state index contributed by atoms with van der Waals surface area (Å²) in [6, 6.07) is 3.91. The third-order valence-corrected chi connectivity index (χ3v) is 5.72. The van der Waals surface area contributed by atoms with Gasteiger partial charge >= 0.3 is 0 Å². The fourth-order valence-electron chi connectivity index (χ4n) is 3.46. The summed E-state index contributed by atoms with van der Waals surface area (Å²) in [5, 5.41) is 3.59. The molecule has 0 spiro atoms. The van der Waals surface area contributed by atoms with Gasteiger partial charge < -0.3 is 14.8 Å². The Morgan fingerprint density at radius 3 is 2.69 bits per heavy atom. The number of carbonyl (C=O) groups is 1. The zero-order valence-corrected chi connectivity index (χ0v) is 17.4. The van der Waals surface area contributed by atoms with Gasteiger partial charge in [0, 0.05) is 10.5 Å². The summed E-state index contributed by atoms with van der Waals surface area (Å²) in [5.41, 5.74) is 1.33. The summed E-state index contributed by atoms with van der Waals surface area (Å²) in [6.45, 7) is 2.45. The van der Waals surface area contributed by atoms with E-state index in [0.29, 0.717) is 28.9 Å². The molecule has 1 aliphatic carbocycles. The molecule has 1 saturated carbocycles. The van der Waals surface area contributed by atoms with E-state index in [0.717, 1.165) is 35.7 Å². The standard InChI is InChI=1S/C19H23BrN2O3S/c1-3-25-17-10-12(14(20)11-16(17)24-2)9-15-18(23)22(19(26)21-15)13-7-5-4-6-8-13/h9-11,13H,3-8H2,1-2H3,(H,21,26)/b15-9-. The molecule has 0 unspecified atom stereocenters. The van der Waals surface area contributed by atoms with Crippen molar-refractivity contribution in [2.75, 3.05) is 13.7 Å². The van der Waals surface area contributed by atoms with Crippen molar-refractivity contribution in [3.63, 3.8) is 0 Å². The molecule has 140 valence electrons. The number of halogens is 1. The minimum absolute atomic E-state index is 0.0532. The SMILES string of the molecule is CCOc1cc(/C=C2\NC(=S)N(C3CCCCC3)C2=O)c(Br)cc1OC. The molecule has 1 saturated heterocycles. The van der Waals surface area contributed by atoms with Crippen molar-refractivity contribution in [2.45, 2.75) is 45.1 Å². The van der Waals surface area contributed by atoms with Crippen molar-refractivity contribution in [3.8, 4) is 11.5 Å². The van der Waals surface area contributed by atoms with Crippen LogP contribution >= 0.6 is 28.1 Å². The van der Waals surface area contributed by atoms with Crippen LogP contribution in [-0.2, 0) is 4.79 Å². The first-order valence-corrected chi connectivity index (χ1v) is 10.1. The van der Waals surface area contributed by atoms with Crippen LogP contribution in [0.15, 0.2) is 22.3 Å². The molecule has 2 fully saturated rings. The number of hydrogen-bond acceptors (Lipinski definition) is 4. The molecule has 3 rings (SSSR count). The number of nitrogens with zero attached hydrogens (tertiary/aromatic N) is 1. The van der Waals surface area contributed by atoms with Crippen LogP contribution in [0.4, 0.5) is 0 Å². The maximum atomic E-state index is 12.9. The number of ether oxygens (including phenoxy) is 2. The molecule has 5 nitrogen and oxygen atoms in total. The lowest BCUT2D eigenvalue weighted by Crippen LogP contribution is -2.41. The lowest BCUT2D eigenvalue weighted by Gasteiger charge is -2.29. The number of thiocarbonyl (C=S) groups is 1. The highest BCUT2D eigenvalue weighted by atomic mass is 79.9. The summed E-state index contributed by atoms with van der Waals surface area (Å²) in [7, 11) is 1.60. The molecule has 0 bridgehead atoms. The van der Waals surface area contributed by atoms with Crippen LogP contribution in [0.5, 0.6) is 11.5 Å². The van der Waals surface area contributed by atoms with Crippen LogP contribution in [0, 0.1) is 0 Å². The molecule has 1 aromatic rings. The number of carbonyl (C=O) groups excluding carboxylic acids is 1. The Bertz CT molecular complexity index is 745. The van der Waals surface area contributed by atoms with Crippen molar-refractivity contribution in [1.29, 1.82) is 0 Å². The largest absolute Gasteiger partial charge is 0.493 e. The summed E-state index contributed by atoms with van der Waals surface area (Å²) in [5.74, 6) is 1.23. The Morgan fingerprint density at radius 1 is 1.31 bits per heavy atom. The Balaban J connectivity index is 1.89. The Kier molecular flexibility index (Phi) is 6.19. The maximum absolute atomic E-state index is 12.9. The molecule has 0 radical (unpaired) electrons. The molecule has 1 aliphatic heterocycles. The topological polar surface area (TPSA) is 50.8 Å². The van der Waals surface area contributed by atoms with Crippen LogP contribution in [0.1, 0.15) is 44.6 Å². The Hall–Kier alpha value is -1.60. The number of benzene rings is 1. The maximum Gasteiger partial charge on any atom is 0.276 e. The normalized spacial score (nSPS) is 19.8. The zero-order chi connectivity index (χ0) is 18.7. The first kappa shape index (κ1) is 19.2. The number of nitrogens with one attached hydrogen (secondary N) is 1. The van der Waals surface area contributed by atoms with E-state index in [4.69, 9.17) is 21.7 Å². The van der Waals surface area contributed by atoms with Gasteiger partial charge in [0.05, 0.1) is 13.7 Å². The molecule has 1 aromatic carbocycles. The van der Waals surface area contributed by atoms with Gasteiger partial charge in [-0.05, 0) is 55.8 Å². The Labute approximate surface area is 167 Å². The molecule has 26 heavy (non-hydrogen) atoms. The summed E-state index contributed by atoms with van der Waals surface area (Å²) >= 11 is 8.97. The van der Waals surface area contributed by atoms with Gasteiger partial charge in [0.25, 0.3) is 5.91 Å². The quantitative estimate of drug-likeness (QED) is 0.549. The van der Waals surface area contributed by atoms with Gasteiger partial charge in [-0.1, -0.05) is 35.2 Å². The van der Waals surface area contributed by atoms with E-state index in [9.17, 15) is 4.79 Å². The smallest absolute Gasteiger partial charge is 0.276 e. The highest BCUT2D eigenvalue weighted by Gasteiger charge is 2.36. The second kappa shape index (κ2) is 8.39. The first-order chi connectivity index (χ1) is 12.5. The predicted octanol–water partition coefficient (Wildman–Crippen LogP) is 4.25. The number of hydrogen-bond donors (Lipinski definition) is 1. The van der Waals surface area contributed by atoms with Crippen LogP contribution in [0.25, 0.3) is 6.08 Å². The van der Waals surface area contributed by atoms with Crippen molar-refractivity contribution in [3.05, 3.63) is 27.9 Å². The molecular weight excluding hydrogens is 416 g/mol. The van der Waals surface area contributed by atoms with Gasteiger partial charge in [-0.15, -0.1) is 0 Å². The second-order valence-corrected chi connectivity index (χ2v) is 7.65. The first-order valence-electron chi connectivity index (χ1n) is 8.91. The molecular formula is C19H23BrN2O3S. The van der Waals surface area contributed by atoms with E-state index < -0.39 is 0 Å². The van der Waals surface area contributed by atoms with E-state index in [1.807, 2.05) is 25.1 Å². The monoisotopic (exact) mass is 438 g/mol. The zero-order valence-electron chi connectivity index (χ0n) is 15.0. The minimum Gasteiger partial charge on any atom is -0.493 e. The molecule has 1 N–H and O–H groups in total. The fraction of sp³-hybridized carbons (Fsp3) is 0.474. The lowest BCUT2D eigenvalue weighted by molar-refractivity contribution is -0.124. The molecule has 2 aliphatic rings. The van der Waals surface area contributed by atoms with Crippen LogP contribution < -0.4 is 14.8 Å². The van der Waals surface area contributed by atoms with E-state index in [1.165, 1.54) is 6.42 Å². The third kappa shape index (κ3) is 3.88. The highest BCUT2D eigenvalue weighted by Crippen LogP contribution is 2.35. The van der Waals surface area contributed by atoms with Gasteiger partial charge in [-0.3, -0.25) is 9.69 Å². The fourth-order valence-corrected chi connectivity index (χ4v) is 4.24. The van der Waals surface area contributed by atoms with Gasteiger partial charge in [-0.2, -0.15) is 0 Å². The highest BCUT2D eigenvalue weighted by molar-refractivity contribution is 9.10. The van der Waals surface area contributed by atoms with Crippen molar-refractivity contribution < 1.29 is 14.3 Å². The van der Waals surface area contributed by atoms with Crippen LogP contribution in [0.3, 0.4) is 0 Å². The molecule has 1 amide bonds. The van der Waals surface area contributed by atoms with Crippen LogP contribution in [0.2, 0.25) is 0 Å². The van der Waals surface area contributed by atoms with Crippen molar-refractivity contribution in [1.82, 2.24) is 10.2 Å². The van der Waals surface area contributed by atoms with Gasteiger partial charge in [0.15, 0.2) is 16.6 Å². The number of methoxy groups -OCH3 is 1. The van der Waals surface area contributed by atoms with E-state index in [2.05, 4.69) is 21.2 Å². The van der Waals surface area contributed by atoms with E-state index in [1.54, 1.807) is 12.0 Å².